The zero-order valence-corrected chi connectivity index (χ0v) is 16.7. The van der Waals surface area contributed by atoms with Crippen molar-refractivity contribution in [3.63, 3.8) is 0 Å². The number of rotatable bonds is 7. The van der Waals surface area contributed by atoms with Crippen LogP contribution in [-0.4, -0.2) is 58.7 Å². The van der Waals surface area contributed by atoms with Crippen LogP contribution in [0.15, 0.2) is 30.5 Å². The highest BCUT2D eigenvalue weighted by Crippen LogP contribution is 2.25. The van der Waals surface area contributed by atoms with Crippen molar-refractivity contribution in [2.45, 2.75) is 57.4 Å². The molecule has 1 aliphatic heterocycles. The number of para-hydroxylation sites is 1. The van der Waals surface area contributed by atoms with Gasteiger partial charge in [-0.2, -0.15) is 0 Å². The maximum absolute atomic E-state index is 13.3. The van der Waals surface area contributed by atoms with Gasteiger partial charge >= 0.3 is 0 Å². The number of H-pyrrole nitrogens is 1. The summed E-state index contributed by atoms with van der Waals surface area (Å²) in [6, 6.07) is 7.90. The summed E-state index contributed by atoms with van der Waals surface area (Å²) >= 11 is 0. The molecule has 4 rings (SSSR count). The normalized spacial score (nSPS) is 18.6. The summed E-state index contributed by atoms with van der Waals surface area (Å²) in [6.07, 6.45) is 10.8. The second-order valence-corrected chi connectivity index (χ2v) is 8.27. The molecule has 1 N–H and O–H groups in total. The van der Waals surface area contributed by atoms with E-state index in [0.29, 0.717) is 12.1 Å². The molecule has 0 bridgehead atoms. The van der Waals surface area contributed by atoms with Gasteiger partial charge in [-0.25, -0.2) is 0 Å². The van der Waals surface area contributed by atoms with Gasteiger partial charge in [0.05, 0.1) is 5.56 Å². The summed E-state index contributed by atoms with van der Waals surface area (Å²) in [4.78, 5) is 33.9. The minimum atomic E-state index is -0.371. The molecule has 1 aliphatic carbocycles. The summed E-state index contributed by atoms with van der Waals surface area (Å²) in [5, 5.41) is 0.835. The van der Waals surface area contributed by atoms with Crippen LogP contribution in [0.3, 0.4) is 0 Å². The lowest BCUT2D eigenvalue weighted by atomic mass is 9.93. The molecule has 5 nitrogen and oxygen atoms in total. The number of carbonyl (C=O) groups is 2. The van der Waals surface area contributed by atoms with Gasteiger partial charge in [-0.1, -0.05) is 37.5 Å². The fourth-order valence-electron chi connectivity index (χ4n) is 4.82. The summed E-state index contributed by atoms with van der Waals surface area (Å²) in [6.45, 7) is 4.06. The molecule has 2 heterocycles. The molecule has 2 aromatic rings. The molecule has 2 fully saturated rings. The van der Waals surface area contributed by atoms with Crippen molar-refractivity contribution in [2.75, 3.05) is 26.2 Å². The highest BCUT2D eigenvalue weighted by Gasteiger charge is 2.31. The maximum Gasteiger partial charge on any atom is 0.295 e. The minimum Gasteiger partial charge on any atom is -0.360 e. The fourth-order valence-corrected chi connectivity index (χ4v) is 4.82. The van der Waals surface area contributed by atoms with E-state index in [0.717, 1.165) is 49.6 Å². The summed E-state index contributed by atoms with van der Waals surface area (Å²) in [5.74, 6) is -0.692. The van der Waals surface area contributed by atoms with Crippen molar-refractivity contribution >= 4 is 22.6 Å². The van der Waals surface area contributed by atoms with Gasteiger partial charge in [-0.15, -0.1) is 0 Å². The number of fused-ring (bicyclic) bond motifs is 1. The number of nitrogens with zero attached hydrogens (tertiary/aromatic N) is 2. The predicted octanol–water partition coefficient (Wildman–Crippen LogP) is 4.00. The largest absolute Gasteiger partial charge is 0.360 e. The van der Waals surface area contributed by atoms with E-state index in [2.05, 4.69) is 9.88 Å². The number of likely N-dealkylation sites (tertiary alicyclic amines) is 1. The first-order valence-corrected chi connectivity index (χ1v) is 10.9. The molecule has 1 amide bonds. The fraction of sp³-hybridized carbons (Fsp3) is 0.565. The smallest absolute Gasteiger partial charge is 0.295 e. The number of benzene rings is 1. The molecule has 1 aromatic heterocycles. The Balaban J connectivity index is 1.48. The Kier molecular flexibility index (Phi) is 6.10. The van der Waals surface area contributed by atoms with Gasteiger partial charge in [0, 0.05) is 29.7 Å². The monoisotopic (exact) mass is 381 g/mol. The zero-order valence-electron chi connectivity index (χ0n) is 16.7. The quantitative estimate of drug-likeness (QED) is 0.583. The van der Waals surface area contributed by atoms with Gasteiger partial charge in [0.15, 0.2) is 0 Å². The first-order chi connectivity index (χ1) is 13.7. The van der Waals surface area contributed by atoms with Gasteiger partial charge < -0.3 is 14.8 Å². The van der Waals surface area contributed by atoms with E-state index in [-0.39, 0.29) is 17.7 Å². The van der Waals surface area contributed by atoms with Crippen LogP contribution in [0.25, 0.3) is 10.9 Å². The van der Waals surface area contributed by atoms with Crippen LogP contribution in [0.2, 0.25) is 0 Å². The van der Waals surface area contributed by atoms with E-state index in [1.807, 2.05) is 29.2 Å². The lowest BCUT2D eigenvalue weighted by Crippen LogP contribution is -2.46. The molecule has 2 aliphatic rings. The van der Waals surface area contributed by atoms with Crippen molar-refractivity contribution in [2.24, 2.45) is 0 Å². The molecular weight excluding hydrogens is 350 g/mol. The van der Waals surface area contributed by atoms with Crippen LogP contribution >= 0.6 is 0 Å². The van der Waals surface area contributed by atoms with Crippen molar-refractivity contribution in [3.05, 3.63) is 36.0 Å². The Morgan fingerprint density at radius 2 is 1.79 bits per heavy atom. The van der Waals surface area contributed by atoms with Crippen LogP contribution in [0.4, 0.5) is 0 Å². The molecule has 0 radical (unpaired) electrons. The minimum absolute atomic E-state index is 0.217. The van der Waals surface area contributed by atoms with Crippen molar-refractivity contribution < 1.29 is 9.59 Å². The topological polar surface area (TPSA) is 56.4 Å². The number of ketones is 1. The Hall–Kier alpha value is -2.14. The van der Waals surface area contributed by atoms with Gasteiger partial charge in [0.25, 0.3) is 11.7 Å². The lowest BCUT2D eigenvalue weighted by Gasteiger charge is -2.34. The predicted molar refractivity (Wildman–Crippen MR) is 112 cm³/mol. The summed E-state index contributed by atoms with van der Waals surface area (Å²) < 4.78 is 0. The number of carbonyl (C=O) groups excluding carboxylic acids is 2. The second kappa shape index (κ2) is 8.91. The Bertz CT molecular complexity index is 816. The number of hydrogen-bond acceptors (Lipinski definition) is 3. The SMILES string of the molecule is O=C(C(=O)N(CCCN1CCCC1)C1CCCCC1)c1c[nH]c2ccccc12. The molecule has 1 saturated heterocycles. The highest BCUT2D eigenvalue weighted by molar-refractivity contribution is 6.44. The molecular formula is C23H31N3O2. The van der Waals surface area contributed by atoms with E-state index < -0.39 is 0 Å². The Morgan fingerprint density at radius 1 is 1.04 bits per heavy atom. The highest BCUT2D eigenvalue weighted by atomic mass is 16.2. The van der Waals surface area contributed by atoms with Crippen molar-refractivity contribution in [1.29, 1.82) is 0 Å². The zero-order chi connectivity index (χ0) is 19.3. The van der Waals surface area contributed by atoms with Crippen LogP contribution in [-0.2, 0) is 4.79 Å². The molecule has 5 heteroatoms. The van der Waals surface area contributed by atoms with Crippen LogP contribution in [0.1, 0.15) is 61.7 Å². The Morgan fingerprint density at radius 3 is 2.57 bits per heavy atom. The van der Waals surface area contributed by atoms with Crippen LogP contribution in [0, 0.1) is 0 Å². The number of hydrogen-bond donors (Lipinski definition) is 1. The van der Waals surface area contributed by atoms with Crippen LogP contribution < -0.4 is 0 Å². The standard InChI is InChI=1S/C23H31N3O2/c27-22(20-17-24-21-12-5-4-11-19(20)21)23(28)26(18-9-2-1-3-10-18)16-8-15-25-13-6-7-14-25/h4-5,11-12,17-18,24H,1-3,6-10,13-16H2. The van der Waals surface area contributed by atoms with Crippen LogP contribution in [0.5, 0.6) is 0 Å². The average Bonchev–Trinajstić information content (AvgIpc) is 3.41. The van der Waals surface area contributed by atoms with Gasteiger partial charge in [0.2, 0.25) is 0 Å². The molecule has 0 spiro atoms. The molecule has 28 heavy (non-hydrogen) atoms. The van der Waals surface area contributed by atoms with E-state index in [1.54, 1.807) is 6.20 Å². The summed E-state index contributed by atoms with van der Waals surface area (Å²) in [7, 11) is 0. The van der Waals surface area contributed by atoms with E-state index in [9.17, 15) is 9.59 Å². The number of amides is 1. The third-order valence-electron chi connectivity index (χ3n) is 6.38. The number of aromatic nitrogens is 1. The van der Waals surface area contributed by atoms with E-state index in [4.69, 9.17) is 0 Å². The molecule has 1 aromatic carbocycles. The first-order valence-electron chi connectivity index (χ1n) is 10.9. The molecule has 150 valence electrons. The Labute approximate surface area is 167 Å². The third-order valence-corrected chi connectivity index (χ3v) is 6.38. The number of nitrogens with one attached hydrogen (secondary N) is 1. The number of aromatic amines is 1. The van der Waals surface area contributed by atoms with Gasteiger partial charge in [-0.05, 0) is 57.8 Å². The van der Waals surface area contributed by atoms with Crippen molar-refractivity contribution in [3.8, 4) is 0 Å². The second-order valence-electron chi connectivity index (χ2n) is 8.27. The lowest BCUT2D eigenvalue weighted by molar-refractivity contribution is -0.129. The maximum atomic E-state index is 13.3. The van der Waals surface area contributed by atoms with Crippen molar-refractivity contribution in [1.82, 2.24) is 14.8 Å². The van der Waals surface area contributed by atoms with Gasteiger partial charge in [0.1, 0.15) is 0 Å². The van der Waals surface area contributed by atoms with E-state index >= 15 is 0 Å². The average molecular weight is 382 g/mol. The molecule has 0 unspecified atom stereocenters. The number of Topliss-reactive ketones (excluding diaryl/α,β-unsaturated/α-hetero) is 1. The van der Waals surface area contributed by atoms with Gasteiger partial charge in [-0.3, -0.25) is 9.59 Å². The first kappa shape index (κ1) is 19.2. The summed E-state index contributed by atoms with van der Waals surface area (Å²) in [5.41, 5.74) is 1.40. The third kappa shape index (κ3) is 4.14. The molecule has 0 atom stereocenters. The molecule has 1 saturated carbocycles. The van der Waals surface area contributed by atoms with E-state index in [1.165, 1.54) is 32.4 Å².